The molecule has 1 atom stereocenters. The zero-order chi connectivity index (χ0) is 18.4. The van der Waals surface area contributed by atoms with E-state index < -0.39 is 6.10 Å². The van der Waals surface area contributed by atoms with E-state index in [-0.39, 0.29) is 12.0 Å². The van der Waals surface area contributed by atoms with Gasteiger partial charge in [-0.1, -0.05) is 37.3 Å². The Morgan fingerprint density at radius 3 is 2.73 bits per heavy atom. The van der Waals surface area contributed by atoms with E-state index in [1.807, 2.05) is 30.3 Å². The van der Waals surface area contributed by atoms with Crippen molar-refractivity contribution in [2.45, 2.75) is 19.4 Å². The van der Waals surface area contributed by atoms with Crippen LogP contribution in [0.1, 0.15) is 13.3 Å². The number of hydrogen-bond donors (Lipinski definition) is 2. The van der Waals surface area contributed by atoms with Gasteiger partial charge in [-0.3, -0.25) is 4.79 Å². The average Bonchev–Trinajstić information content (AvgIpc) is 2.67. The minimum Gasteiger partial charge on any atom is -0.491 e. The fraction of sp³-hybridized carbons (Fsp3) is 0.286. The molecule has 2 N–H and O–H groups in total. The molecule has 0 radical (unpaired) electrons. The van der Waals surface area contributed by atoms with Gasteiger partial charge in [0, 0.05) is 24.2 Å². The van der Waals surface area contributed by atoms with Crippen molar-refractivity contribution in [3.63, 3.8) is 0 Å². The normalized spacial score (nSPS) is 12.2. The number of hydrogen-bond acceptors (Lipinski definition) is 5. The van der Waals surface area contributed by atoms with Gasteiger partial charge < -0.3 is 19.6 Å². The molecule has 136 valence electrons. The van der Waals surface area contributed by atoms with Crippen LogP contribution in [0, 0.1) is 0 Å². The molecule has 0 fully saturated rings. The molecule has 3 aromatic rings. The summed E-state index contributed by atoms with van der Waals surface area (Å²) in [5.74, 6) is 1.07. The third-order valence-electron chi connectivity index (χ3n) is 4.01. The van der Waals surface area contributed by atoms with Gasteiger partial charge in [-0.15, -0.1) is 0 Å². The Labute approximate surface area is 152 Å². The largest absolute Gasteiger partial charge is 0.491 e. The maximum atomic E-state index is 12.3. The van der Waals surface area contributed by atoms with Crippen LogP contribution in [-0.2, 0) is 0 Å². The smallest absolute Gasteiger partial charge is 0.193 e. The molecular weight excluding hydrogens is 330 g/mol. The third kappa shape index (κ3) is 4.50. The molecule has 0 aliphatic carbocycles. The topological polar surface area (TPSA) is 71.7 Å². The molecule has 26 heavy (non-hydrogen) atoms. The molecule has 1 heterocycles. The van der Waals surface area contributed by atoms with E-state index in [9.17, 15) is 9.90 Å². The van der Waals surface area contributed by atoms with Gasteiger partial charge in [0.05, 0.1) is 5.39 Å². The Hall–Kier alpha value is -2.63. The quantitative estimate of drug-likeness (QED) is 0.609. The Balaban J connectivity index is 1.78. The maximum Gasteiger partial charge on any atom is 0.193 e. The summed E-state index contributed by atoms with van der Waals surface area (Å²) < 4.78 is 11.5. The molecule has 5 nitrogen and oxygen atoms in total. The van der Waals surface area contributed by atoms with Gasteiger partial charge in [-0.2, -0.15) is 0 Å². The van der Waals surface area contributed by atoms with Crippen molar-refractivity contribution >= 4 is 11.0 Å². The van der Waals surface area contributed by atoms with Gasteiger partial charge >= 0.3 is 0 Å². The lowest BCUT2D eigenvalue weighted by Crippen LogP contribution is -2.31. The highest BCUT2D eigenvalue weighted by atomic mass is 16.5. The highest BCUT2D eigenvalue weighted by Gasteiger charge is 2.09. The standard InChI is InChI=1S/C21H23NO4/c1-2-10-22-13-16(23)14-25-17-8-9-18-19(24)12-20(26-21(18)11-17)15-6-4-3-5-7-15/h3-9,11-12,16,22-23H,2,10,13-14H2,1H3. The average molecular weight is 353 g/mol. The number of nitrogens with one attached hydrogen (secondary N) is 1. The molecular formula is C21H23NO4. The lowest BCUT2D eigenvalue weighted by Gasteiger charge is -2.13. The molecule has 0 aliphatic heterocycles. The van der Waals surface area contributed by atoms with Gasteiger partial charge in [-0.25, -0.2) is 0 Å². The zero-order valence-electron chi connectivity index (χ0n) is 14.8. The maximum absolute atomic E-state index is 12.3. The first-order valence-electron chi connectivity index (χ1n) is 8.82. The number of fused-ring (bicyclic) bond motifs is 1. The second-order valence-electron chi connectivity index (χ2n) is 6.17. The van der Waals surface area contributed by atoms with E-state index in [0.717, 1.165) is 18.5 Å². The lowest BCUT2D eigenvalue weighted by atomic mass is 10.1. The highest BCUT2D eigenvalue weighted by Crippen LogP contribution is 2.24. The van der Waals surface area contributed by atoms with Gasteiger partial charge in [0.2, 0.25) is 0 Å². The summed E-state index contributed by atoms with van der Waals surface area (Å²) in [5.41, 5.74) is 1.21. The van der Waals surface area contributed by atoms with E-state index in [1.165, 1.54) is 6.07 Å². The number of ether oxygens (including phenoxy) is 1. The number of aliphatic hydroxyl groups excluding tert-OH is 1. The molecule has 5 heteroatoms. The van der Waals surface area contributed by atoms with Gasteiger partial charge in [-0.05, 0) is 25.1 Å². The van der Waals surface area contributed by atoms with Crippen molar-refractivity contribution in [1.29, 1.82) is 0 Å². The van der Waals surface area contributed by atoms with E-state index in [0.29, 0.717) is 29.0 Å². The Kier molecular flexibility index (Phi) is 6.04. The summed E-state index contributed by atoms with van der Waals surface area (Å²) in [6.45, 7) is 3.59. The third-order valence-corrected chi connectivity index (χ3v) is 4.01. The molecule has 0 saturated carbocycles. The summed E-state index contributed by atoms with van der Waals surface area (Å²) >= 11 is 0. The molecule has 2 aromatic carbocycles. The van der Waals surface area contributed by atoms with Gasteiger partial charge in [0.1, 0.15) is 29.8 Å². The van der Waals surface area contributed by atoms with Crippen molar-refractivity contribution in [2.75, 3.05) is 19.7 Å². The minimum atomic E-state index is -0.597. The van der Waals surface area contributed by atoms with Gasteiger partial charge in [0.15, 0.2) is 5.43 Å². The Morgan fingerprint density at radius 1 is 1.15 bits per heavy atom. The van der Waals surface area contributed by atoms with Crippen molar-refractivity contribution in [1.82, 2.24) is 5.32 Å². The summed E-state index contributed by atoms with van der Waals surface area (Å²) in [6, 6.07) is 16.1. The molecule has 0 bridgehead atoms. The van der Waals surface area contributed by atoms with Crippen molar-refractivity contribution in [2.24, 2.45) is 0 Å². The minimum absolute atomic E-state index is 0.0968. The van der Waals surface area contributed by atoms with Crippen LogP contribution < -0.4 is 15.5 Å². The Morgan fingerprint density at radius 2 is 1.96 bits per heavy atom. The highest BCUT2D eigenvalue weighted by molar-refractivity contribution is 5.80. The molecule has 1 unspecified atom stereocenters. The molecule has 0 spiro atoms. The zero-order valence-corrected chi connectivity index (χ0v) is 14.8. The first-order valence-corrected chi connectivity index (χ1v) is 8.82. The molecule has 0 saturated heterocycles. The summed E-state index contributed by atoms with van der Waals surface area (Å²) in [7, 11) is 0. The summed E-state index contributed by atoms with van der Waals surface area (Å²) in [4.78, 5) is 12.3. The summed E-state index contributed by atoms with van der Waals surface area (Å²) in [6.07, 6.45) is 0.418. The van der Waals surface area contributed by atoms with Crippen LogP contribution in [0.15, 0.2) is 63.8 Å². The van der Waals surface area contributed by atoms with Crippen LogP contribution >= 0.6 is 0 Å². The first kappa shape index (κ1) is 18.2. The fourth-order valence-corrected chi connectivity index (χ4v) is 2.67. The second kappa shape index (κ2) is 8.65. The van der Waals surface area contributed by atoms with Crippen molar-refractivity contribution < 1.29 is 14.3 Å². The van der Waals surface area contributed by atoms with Crippen molar-refractivity contribution in [3.05, 3.63) is 64.8 Å². The molecule has 0 aliphatic rings. The number of aliphatic hydroxyl groups is 1. The monoisotopic (exact) mass is 353 g/mol. The number of rotatable bonds is 8. The fourth-order valence-electron chi connectivity index (χ4n) is 2.67. The lowest BCUT2D eigenvalue weighted by molar-refractivity contribution is 0.106. The van der Waals surface area contributed by atoms with E-state index in [2.05, 4.69) is 12.2 Å². The van der Waals surface area contributed by atoms with Crippen LogP contribution in [0.3, 0.4) is 0 Å². The van der Waals surface area contributed by atoms with Crippen LogP contribution in [0.5, 0.6) is 5.75 Å². The van der Waals surface area contributed by atoms with Crippen LogP contribution in [0.25, 0.3) is 22.3 Å². The SMILES string of the molecule is CCCNCC(O)COc1ccc2c(=O)cc(-c3ccccc3)oc2c1. The Bertz CT molecular complexity index is 905. The van der Waals surface area contributed by atoms with Crippen molar-refractivity contribution in [3.8, 4) is 17.1 Å². The van der Waals surface area contributed by atoms with E-state index >= 15 is 0 Å². The van der Waals surface area contributed by atoms with E-state index in [4.69, 9.17) is 9.15 Å². The van der Waals surface area contributed by atoms with E-state index in [1.54, 1.807) is 18.2 Å². The summed E-state index contributed by atoms with van der Waals surface area (Å²) in [5, 5.41) is 13.6. The second-order valence-corrected chi connectivity index (χ2v) is 6.17. The number of benzene rings is 2. The van der Waals surface area contributed by atoms with Crippen LogP contribution in [0.4, 0.5) is 0 Å². The molecule has 3 rings (SSSR count). The predicted molar refractivity (Wildman–Crippen MR) is 103 cm³/mol. The van der Waals surface area contributed by atoms with Gasteiger partial charge in [0.25, 0.3) is 0 Å². The van der Waals surface area contributed by atoms with Crippen LogP contribution in [-0.4, -0.2) is 30.9 Å². The predicted octanol–water partition coefficient (Wildman–Crippen LogP) is 3.20. The molecule has 1 aromatic heterocycles. The van der Waals surface area contributed by atoms with Crippen LogP contribution in [0.2, 0.25) is 0 Å². The molecule has 0 amide bonds. The first-order chi connectivity index (χ1) is 12.7.